The Bertz CT molecular complexity index is 1100. The summed E-state index contributed by atoms with van der Waals surface area (Å²) in [6.07, 6.45) is 0. The summed E-state index contributed by atoms with van der Waals surface area (Å²) < 4.78 is 11.3. The van der Waals surface area contributed by atoms with E-state index in [0.717, 1.165) is 10.8 Å². The van der Waals surface area contributed by atoms with E-state index >= 15 is 0 Å². The van der Waals surface area contributed by atoms with Crippen LogP contribution in [0.3, 0.4) is 0 Å². The minimum atomic E-state index is -1.15. The maximum Gasteiger partial charge on any atom is 0.325 e. The van der Waals surface area contributed by atoms with Crippen LogP contribution in [0, 0.1) is 20.8 Å². The second-order valence-electron chi connectivity index (χ2n) is 7.61. The highest BCUT2D eigenvalue weighted by molar-refractivity contribution is 7.09. The highest BCUT2D eigenvalue weighted by atomic mass is 32.1. The van der Waals surface area contributed by atoms with E-state index in [1.165, 1.54) is 21.8 Å². The number of aromatic nitrogens is 1. The Kier molecular flexibility index (Phi) is 5.11. The van der Waals surface area contributed by atoms with Gasteiger partial charge in [0.1, 0.15) is 34.4 Å². The first-order valence-electron chi connectivity index (χ1n) is 9.60. The van der Waals surface area contributed by atoms with E-state index in [2.05, 4.69) is 10.3 Å². The average molecular weight is 426 g/mol. The first kappa shape index (κ1) is 20.2. The van der Waals surface area contributed by atoms with Crippen molar-refractivity contribution in [2.24, 2.45) is 0 Å². The number of ether oxygens (including phenoxy) is 1. The van der Waals surface area contributed by atoms with Gasteiger partial charge in [-0.05, 0) is 45.9 Å². The molecular formula is C22H23N3O4S. The summed E-state index contributed by atoms with van der Waals surface area (Å²) in [4.78, 5) is 31.4. The van der Waals surface area contributed by atoms with Gasteiger partial charge < -0.3 is 14.5 Å². The van der Waals surface area contributed by atoms with Crippen molar-refractivity contribution < 1.29 is 18.7 Å². The second kappa shape index (κ2) is 7.60. The minimum Gasteiger partial charge on any atom is -0.486 e. The summed E-state index contributed by atoms with van der Waals surface area (Å²) in [6.45, 7) is 7.76. The lowest BCUT2D eigenvalue weighted by Gasteiger charge is -2.21. The average Bonchev–Trinajstić information content (AvgIpc) is 3.35. The number of imide groups is 1. The molecule has 7 nitrogen and oxygen atoms in total. The third-order valence-corrected chi connectivity index (χ3v) is 6.03. The van der Waals surface area contributed by atoms with Gasteiger partial charge in [-0.2, -0.15) is 0 Å². The number of carbonyl (C=O) groups is 2. The number of amides is 3. The van der Waals surface area contributed by atoms with Crippen LogP contribution in [0.2, 0.25) is 0 Å². The molecule has 0 bridgehead atoms. The van der Waals surface area contributed by atoms with Gasteiger partial charge in [0.15, 0.2) is 0 Å². The molecule has 0 spiro atoms. The molecule has 0 aliphatic carbocycles. The molecule has 0 radical (unpaired) electrons. The maximum atomic E-state index is 13.1. The summed E-state index contributed by atoms with van der Waals surface area (Å²) >= 11 is 1.44. The predicted octanol–water partition coefficient (Wildman–Crippen LogP) is 4.21. The molecule has 0 saturated carbocycles. The van der Waals surface area contributed by atoms with E-state index in [-0.39, 0.29) is 12.5 Å². The number of nitrogens with one attached hydrogen (secondary N) is 1. The molecule has 1 unspecified atom stereocenters. The maximum absolute atomic E-state index is 13.1. The van der Waals surface area contributed by atoms with E-state index in [4.69, 9.17) is 9.15 Å². The molecule has 4 rings (SSSR count). The van der Waals surface area contributed by atoms with Crippen molar-refractivity contribution in [2.75, 3.05) is 0 Å². The van der Waals surface area contributed by atoms with Crippen molar-refractivity contribution >= 4 is 23.3 Å². The van der Waals surface area contributed by atoms with E-state index < -0.39 is 11.6 Å². The Morgan fingerprint density at radius 2 is 1.93 bits per heavy atom. The highest BCUT2D eigenvalue weighted by Crippen LogP contribution is 2.33. The summed E-state index contributed by atoms with van der Waals surface area (Å²) in [6, 6.07) is 9.15. The van der Waals surface area contributed by atoms with Crippen molar-refractivity contribution in [3.8, 4) is 5.75 Å². The van der Waals surface area contributed by atoms with Gasteiger partial charge in [0.25, 0.3) is 5.91 Å². The lowest BCUT2D eigenvalue weighted by molar-refractivity contribution is -0.131. The molecule has 3 aromatic rings. The number of urea groups is 1. The van der Waals surface area contributed by atoms with Crippen LogP contribution in [0.15, 0.2) is 40.1 Å². The quantitative estimate of drug-likeness (QED) is 0.598. The lowest BCUT2D eigenvalue weighted by Crippen LogP contribution is -2.41. The van der Waals surface area contributed by atoms with E-state index in [0.29, 0.717) is 29.4 Å². The molecule has 1 saturated heterocycles. The number of rotatable bonds is 6. The predicted molar refractivity (Wildman–Crippen MR) is 112 cm³/mol. The Labute approximate surface area is 178 Å². The van der Waals surface area contributed by atoms with Gasteiger partial charge in [0, 0.05) is 10.9 Å². The fourth-order valence-electron chi connectivity index (χ4n) is 3.58. The van der Waals surface area contributed by atoms with Crippen LogP contribution in [-0.2, 0) is 23.5 Å². The Balaban J connectivity index is 1.44. The number of hydrogen-bond acceptors (Lipinski definition) is 6. The van der Waals surface area contributed by atoms with Gasteiger partial charge in [0.05, 0.1) is 12.2 Å². The number of furan rings is 1. The number of aryl methyl sites for hydroxylation is 3. The van der Waals surface area contributed by atoms with Gasteiger partial charge >= 0.3 is 6.03 Å². The topological polar surface area (TPSA) is 84.7 Å². The van der Waals surface area contributed by atoms with Gasteiger partial charge in [-0.25, -0.2) is 9.78 Å². The third-order valence-electron chi connectivity index (χ3n) is 5.16. The fourth-order valence-corrected chi connectivity index (χ4v) is 4.28. The van der Waals surface area contributed by atoms with Crippen LogP contribution in [0.1, 0.15) is 40.3 Å². The van der Waals surface area contributed by atoms with Crippen LogP contribution in [-0.4, -0.2) is 21.8 Å². The molecule has 30 heavy (non-hydrogen) atoms. The molecule has 1 fully saturated rings. The monoisotopic (exact) mass is 425 g/mol. The molecule has 3 heterocycles. The van der Waals surface area contributed by atoms with E-state index in [9.17, 15) is 9.59 Å². The van der Waals surface area contributed by atoms with E-state index in [1.54, 1.807) is 19.9 Å². The smallest absolute Gasteiger partial charge is 0.325 e. The van der Waals surface area contributed by atoms with Gasteiger partial charge in [-0.3, -0.25) is 9.69 Å². The largest absolute Gasteiger partial charge is 0.486 e. The summed E-state index contributed by atoms with van der Waals surface area (Å²) in [7, 11) is 0. The minimum absolute atomic E-state index is 0.108. The van der Waals surface area contributed by atoms with Crippen molar-refractivity contribution in [3.63, 3.8) is 0 Å². The van der Waals surface area contributed by atoms with Gasteiger partial charge in [-0.1, -0.05) is 17.7 Å². The molecule has 1 aromatic carbocycles. The zero-order valence-electron chi connectivity index (χ0n) is 17.3. The Hall–Kier alpha value is -3.13. The first-order valence-corrected chi connectivity index (χ1v) is 10.5. The highest BCUT2D eigenvalue weighted by Gasteiger charge is 2.50. The molecule has 1 atom stereocenters. The number of thiazole rings is 1. The molecule has 156 valence electrons. The van der Waals surface area contributed by atoms with Crippen molar-refractivity contribution in [2.45, 2.75) is 46.4 Å². The third kappa shape index (κ3) is 3.70. The SMILES string of the molecule is Cc1ccc(OCc2nc(CN3C(=O)NC(C)(c4cc(C)oc4C)C3=O)cs2)cc1. The summed E-state index contributed by atoms with van der Waals surface area (Å²) in [5.74, 6) is 1.77. The zero-order chi connectivity index (χ0) is 21.5. The normalized spacial score (nSPS) is 18.7. The molecule has 1 aliphatic heterocycles. The van der Waals surface area contributed by atoms with Gasteiger partial charge in [-0.15, -0.1) is 11.3 Å². The molecule has 2 aromatic heterocycles. The molecular weight excluding hydrogens is 402 g/mol. The standard InChI is InChI=1S/C22H23N3O4S/c1-13-5-7-17(8-6-13)28-11-19-23-16(12-30-19)10-25-20(26)22(4,24-21(25)27)18-9-14(2)29-15(18)3/h5-9,12H,10-11H2,1-4H3,(H,24,27). The van der Waals surface area contributed by atoms with Crippen LogP contribution < -0.4 is 10.1 Å². The fraction of sp³-hybridized carbons (Fsp3) is 0.318. The lowest BCUT2D eigenvalue weighted by atomic mass is 9.92. The molecule has 8 heteroatoms. The number of carbonyl (C=O) groups excluding carboxylic acids is 2. The Morgan fingerprint density at radius 1 is 1.20 bits per heavy atom. The van der Waals surface area contributed by atoms with Crippen LogP contribution >= 0.6 is 11.3 Å². The first-order chi connectivity index (χ1) is 14.3. The Morgan fingerprint density at radius 3 is 2.60 bits per heavy atom. The van der Waals surface area contributed by atoms with E-state index in [1.807, 2.05) is 43.5 Å². The molecule has 1 aliphatic rings. The second-order valence-corrected chi connectivity index (χ2v) is 8.55. The van der Waals surface area contributed by atoms with Crippen molar-refractivity contribution in [3.05, 3.63) is 69.1 Å². The summed E-state index contributed by atoms with van der Waals surface area (Å²) in [5, 5.41) is 5.43. The van der Waals surface area contributed by atoms with Crippen LogP contribution in [0.4, 0.5) is 4.79 Å². The number of benzene rings is 1. The van der Waals surface area contributed by atoms with Crippen LogP contribution in [0.5, 0.6) is 5.75 Å². The van der Waals surface area contributed by atoms with Crippen LogP contribution in [0.25, 0.3) is 0 Å². The number of hydrogen-bond donors (Lipinski definition) is 1. The zero-order valence-corrected chi connectivity index (χ0v) is 18.1. The molecule has 1 N–H and O–H groups in total. The summed E-state index contributed by atoms with van der Waals surface area (Å²) in [5.41, 5.74) is 1.34. The van der Waals surface area contributed by atoms with Crippen molar-refractivity contribution in [1.82, 2.24) is 15.2 Å². The number of nitrogens with zero attached hydrogens (tertiary/aromatic N) is 2. The van der Waals surface area contributed by atoms with Crippen molar-refractivity contribution in [1.29, 1.82) is 0 Å². The molecule has 3 amide bonds. The van der Waals surface area contributed by atoms with Gasteiger partial charge in [0.2, 0.25) is 0 Å².